The first kappa shape index (κ1) is 24.0. The summed E-state index contributed by atoms with van der Waals surface area (Å²) in [5.41, 5.74) is 1.58. The molecule has 1 aliphatic carbocycles. The Kier molecular flexibility index (Phi) is 6.37. The normalized spacial score (nSPS) is 22.3. The Balaban J connectivity index is 1.32. The Bertz CT molecular complexity index is 1490. The number of anilines is 1. The van der Waals surface area contributed by atoms with E-state index in [-0.39, 0.29) is 24.3 Å². The smallest absolute Gasteiger partial charge is 0.267 e. The molecule has 3 aliphatic rings. The predicted molar refractivity (Wildman–Crippen MR) is 148 cm³/mol. The average molecular weight is 535 g/mol. The van der Waals surface area contributed by atoms with E-state index in [9.17, 15) is 9.59 Å². The first-order chi connectivity index (χ1) is 18.0. The molecule has 1 amide bonds. The summed E-state index contributed by atoms with van der Waals surface area (Å²) in [6, 6.07) is 11.3. The molecule has 1 saturated carbocycles. The first-order valence-corrected chi connectivity index (χ1v) is 13.6. The monoisotopic (exact) mass is 534 g/mol. The number of fused-ring (bicyclic) bond motifs is 2. The fourth-order valence-electron chi connectivity index (χ4n) is 4.93. The fourth-order valence-corrected chi connectivity index (χ4v) is 6.17. The van der Waals surface area contributed by atoms with Crippen molar-refractivity contribution in [3.05, 3.63) is 69.0 Å². The zero-order valence-corrected chi connectivity index (χ0v) is 21.9. The van der Waals surface area contributed by atoms with E-state index >= 15 is 0 Å². The van der Waals surface area contributed by atoms with E-state index in [1.54, 1.807) is 23.2 Å². The molecule has 0 unspecified atom stereocenters. The number of thioether (sulfide) groups is 1. The van der Waals surface area contributed by atoms with Crippen molar-refractivity contribution >= 4 is 51.7 Å². The van der Waals surface area contributed by atoms with Crippen LogP contribution in [0.4, 0.5) is 5.82 Å². The molecule has 0 spiro atoms. The summed E-state index contributed by atoms with van der Waals surface area (Å²) >= 11 is 6.75. The van der Waals surface area contributed by atoms with E-state index in [0.29, 0.717) is 50.2 Å². The first-order valence-electron chi connectivity index (χ1n) is 12.4. The van der Waals surface area contributed by atoms with Crippen LogP contribution in [0.3, 0.4) is 0 Å². The SMILES string of the molecule is CC1CCC(Nc2nc3ccccn3c(=O)c2/C=C2/SC(=S)N(Cc3ccc4c(c3)OCO4)C2=O)CC1. The summed E-state index contributed by atoms with van der Waals surface area (Å²) in [6.45, 7) is 2.76. The Labute approximate surface area is 223 Å². The van der Waals surface area contributed by atoms with E-state index in [0.717, 1.165) is 31.2 Å². The molecule has 3 aromatic rings. The number of rotatable bonds is 5. The molecule has 0 bridgehead atoms. The average Bonchev–Trinajstić information content (AvgIpc) is 3.47. The van der Waals surface area contributed by atoms with Crippen molar-refractivity contribution in [1.82, 2.24) is 14.3 Å². The number of nitrogens with one attached hydrogen (secondary N) is 1. The summed E-state index contributed by atoms with van der Waals surface area (Å²) in [5, 5.41) is 3.52. The van der Waals surface area contributed by atoms with E-state index in [1.807, 2.05) is 30.3 Å². The molecule has 1 aromatic carbocycles. The number of pyridine rings is 1. The molecule has 4 heterocycles. The standard InChI is InChI=1S/C27H26N4O4S2/c1-16-5-8-18(9-6-16)28-24-19(25(32)30-11-3-2-4-23(30)29-24)13-22-26(33)31(27(36)37-22)14-17-7-10-20-21(12-17)35-15-34-20/h2-4,7,10-13,16,18,28H,5-6,8-9,14-15H2,1H3/b22-13+. The Morgan fingerprint density at radius 2 is 1.95 bits per heavy atom. The van der Waals surface area contributed by atoms with Crippen LogP contribution in [0.1, 0.15) is 43.7 Å². The van der Waals surface area contributed by atoms with Gasteiger partial charge in [-0.15, -0.1) is 0 Å². The van der Waals surface area contributed by atoms with Crippen LogP contribution in [0.25, 0.3) is 11.7 Å². The molecular weight excluding hydrogens is 508 g/mol. The van der Waals surface area contributed by atoms with Gasteiger partial charge < -0.3 is 14.8 Å². The molecule has 8 nitrogen and oxygen atoms in total. The lowest BCUT2D eigenvalue weighted by Gasteiger charge is -2.27. The molecule has 10 heteroatoms. The van der Waals surface area contributed by atoms with Gasteiger partial charge in [-0.3, -0.25) is 18.9 Å². The summed E-state index contributed by atoms with van der Waals surface area (Å²) in [4.78, 5) is 33.7. The number of hydrogen-bond donors (Lipinski definition) is 1. The number of carbonyl (C=O) groups is 1. The van der Waals surface area contributed by atoms with Crippen molar-refractivity contribution in [1.29, 1.82) is 0 Å². The maximum atomic E-state index is 13.5. The van der Waals surface area contributed by atoms with Gasteiger partial charge in [-0.05, 0) is 67.5 Å². The zero-order chi connectivity index (χ0) is 25.5. The van der Waals surface area contributed by atoms with Gasteiger partial charge in [0.1, 0.15) is 15.8 Å². The van der Waals surface area contributed by atoms with E-state index in [2.05, 4.69) is 12.2 Å². The van der Waals surface area contributed by atoms with E-state index in [4.69, 9.17) is 26.7 Å². The van der Waals surface area contributed by atoms with Gasteiger partial charge in [0, 0.05) is 12.2 Å². The highest BCUT2D eigenvalue weighted by atomic mass is 32.2. The van der Waals surface area contributed by atoms with E-state index in [1.165, 1.54) is 16.2 Å². The minimum atomic E-state index is -0.234. The molecule has 2 aromatic heterocycles. The van der Waals surface area contributed by atoms with Crippen LogP contribution < -0.4 is 20.3 Å². The van der Waals surface area contributed by atoms with Crippen LogP contribution in [0.15, 0.2) is 52.3 Å². The number of amides is 1. The highest BCUT2D eigenvalue weighted by molar-refractivity contribution is 8.26. The van der Waals surface area contributed by atoms with Crippen molar-refractivity contribution in [3.63, 3.8) is 0 Å². The summed E-state index contributed by atoms with van der Waals surface area (Å²) in [6.07, 6.45) is 7.65. The third-order valence-electron chi connectivity index (χ3n) is 7.05. The maximum absolute atomic E-state index is 13.5. The van der Waals surface area contributed by atoms with Crippen LogP contribution in [0.5, 0.6) is 11.5 Å². The third kappa shape index (κ3) is 4.71. The van der Waals surface area contributed by atoms with Crippen molar-refractivity contribution in [2.75, 3.05) is 12.1 Å². The number of nitrogens with zero attached hydrogens (tertiary/aromatic N) is 3. The summed E-state index contributed by atoms with van der Waals surface area (Å²) in [7, 11) is 0. The molecule has 1 saturated heterocycles. The van der Waals surface area contributed by atoms with Gasteiger partial charge in [0.05, 0.1) is 17.0 Å². The van der Waals surface area contributed by atoms with Crippen molar-refractivity contribution in [3.8, 4) is 11.5 Å². The Morgan fingerprint density at radius 3 is 2.78 bits per heavy atom. The van der Waals surface area contributed by atoms with Gasteiger partial charge in [-0.2, -0.15) is 0 Å². The second-order valence-corrected chi connectivity index (χ2v) is 11.3. The third-order valence-corrected chi connectivity index (χ3v) is 8.43. The highest BCUT2D eigenvalue weighted by Gasteiger charge is 2.33. The fraction of sp³-hybridized carbons (Fsp3) is 0.333. The maximum Gasteiger partial charge on any atom is 0.267 e. The minimum Gasteiger partial charge on any atom is -0.454 e. The molecular formula is C27H26N4O4S2. The van der Waals surface area contributed by atoms with Crippen LogP contribution in [-0.2, 0) is 11.3 Å². The molecule has 37 heavy (non-hydrogen) atoms. The summed E-state index contributed by atoms with van der Waals surface area (Å²) < 4.78 is 12.8. The van der Waals surface area contributed by atoms with Gasteiger partial charge in [0.2, 0.25) is 6.79 Å². The van der Waals surface area contributed by atoms with E-state index < -0.39 is 0 Å². The van der Waals surface area contributed by atoms with Gasteiger partial charge in [0.15, 0.2) is 11.5 Å². The topological polar surface area (TPSA) is 85.2 Å². The second-order valence-electron chi connectivity index (χ2n) is 9.66. The number of hydrogen-bond acceptors (Lipinski definition) is 8. The lowest BCUT2D eigenvalue weighted by Crippen LogP contribution is -2.29. The number of ether oxygens (including phenoxy) is 2. The molecule has 0 atom stereocenters. The molecule has 190 valence electrons. The molecule has 0 radical (unpaired) electrons. The molecule has 2 fully saturated rings. The van der Waals surface area contributed by atoms with Gasteiger partial charge >= 0.3 is 0 Å². The van der Waals surface area contributed by atoms with Gasteiger partial charge in [-0.25, -0.2) is 4.98 Å². The molecule has 2 aliphatic heterocycles. The minimum absolute atomic E-state index is 0.189. The van der Waals surface area contributed by atoms with Crippen molar-refractivity contribution in [2.24, 2.45) is 5.92 Å². The predicted octanol–water partition coefficient (Wildman–Crippen LogP) is 4.82. The van der Waals surface area contributed by atoms with Crippen LogP contribution in [0.2, 0.25) is 0 Å². The number of carbonyl (C=O) groups excluding carboxylic acids is 1. The largest absolute Gasteiger partial charge is 0.454 e. The number of benzene rings is 1. The van der Waals surface area contributed by atoms with Gasteiger partial charge in [-0.1, -0.05) is 43.0 Å². The van der Waals surface area contributed by atoms with Crippen LogP contribution >= 0.6 is 24.0 Å². The highest BCUT2D eigenvalue weighted by Crippen LogP contribution is 2.37. The van der Waals surface area contributed by atoms with Crippen molar-refractivity contribution in [2.45, 2.75) is 45.2 Å². The quantitative estimate of drug-likeness (QED) is 0.369. The lowest BCUT2D eigenvalue weighted by molar-refractivity contribution is -0.122. The molecule has 1 N–H and O–H groups in total. The van der Waals surface area contributed by atoms with Crippen LogP contribution in [-0.4, -0.2) is 37.3 Å². The number of thiocarbonyl (C=S) groups is 1. The lowest BCUT2D eigenvalue weighted by atomic mass is 9.87. The Hall–Kier alpha value is -3.37. The van der Waals surface area contributed by atoms with Crippen molar-refractivity contribution < 1.29 is 14.3 Å². The summed E-state index contributed by atoms with van der Waals surface area (Å²) in [5.74, 6) is 2.32. The van der Waals surface area contributed by atoms with Crippen LogP contribution in [0, 0.1) is 5.92 Å². The Morgan fingerprint density at radius 1 is 1.14 bits per heavy atom. The van der Waals surface area contributed by atoms with Gasteiger partial charge in [0.25, 0.3) is 11.5 Å². The zero-order valence-electron chi connectivity index (χ0n) is 20.3. The molecule has 6 rings (SSSR count). The second kappa shape index (κ2) is 9.83. The number of aromatic nitrogens is 2.